The van der Waals surface area contributed by atoms with E-state index in [1.165, 1.54) is 4.68 Å². The van der Waals surface area contributed by atoms with Crippen LogP contribution in [0.2, 0.25) is 0 Å². The average molecular weight is 301 g/mol. The number of amides is 1. The van der Waals surface area contributed by atoms with E-state index in [9.17, 15) is 13.2 Å². The van der Waals surface area contributed by atoms with Crippen LogP contribution in [-0.2, 0) is 17.3 Å². The van der Waals surface area contributed by atoms with Crippen LogP contribution in [0.1, 0.15) is 23.3 Å². The molecule has 1 aliphatic rings. The molecule has 1 aliphatic heterocycles. The molecule has 0 bridgehead atoms. The van der Waals surface area contributed by atoms with Crippen molar-refractivity contribution < 1.29 is 13.2 Å². The summed E-state index contributed by atoms with van der Waals surface area (Å²) < 4.78 is 25.6. The lowest BCUT2D eigenvalue weighted by atomic mass is 9.98. The second-order valence-electron chi connectivity index (χ2n) is 4.99. The van der Waals surface area contributed by atoms with Crippen molar-refractivity contribution >= 4 is 16.1 Å². The number of hydrogen-bond acceptors (Lipinski definition) is 4. The minimum Gasteiger partial charge on any atom is -0.337 e. The summed E-state index contributed by atoms with van der Waals surface area (Å²) in [6, 6.07) is 1.68. The fourth-order valence-electron chi connectivity index (χ4n) is 2.40. The first-order valence-corrected chi connectivity index (χ1v) is 7.96. The number of nitrogens with zero attached hydrogens (tertiary/aromatic N) is 3. The van der Waals surface area contributed by atoms with Gasteiger partial charge >= 0.3 is 0 Å². The third-order valence-corrected chi connectivity index (χ3v) is 3.99. The van der Waals surface area contributed by atoms with Gasteiger partial charge in [0.15, 0.2) is 0 Å². The molecule has 1 aromatic heterocycles. The minimum atomic E-state index is -3.68. The van der Waals surface area contributed by atoms with Crippen molar-refractivity contribution in [1.82, 2.24) is 19.4 Å². The van der Waals surface area contributed by atoms with Gasteiger partial charge < -0.3 is 4.90 Å². The average Bonchev–Trinajstić information content (AvgIpc) is 2.81. The van der Waals surface area contributed by atoms with E-state index in [0.717, 1.165) is 12.8 Å². The van der Waals surface area contributed by atoms with Gasteiger partial charge in [-0.3, -0.25) is 9.48 Å². The Kier molecular flexibility index (Phi) is 4.41. The van der Waals surface area contributed by atoms with Crippen LogP contribution >= 0.6 is 0 Å². The van der Waals surface area contributed by atoms with Crippen molar-refractivity contribution in [3.05, 3.63) is 18.0 Å². The second-order valence-corrected chi connectivity index (χ2v) is 6.37. The molecule has 1 saturated heterocycles. The first kappa shape index (κ1) is 14.9. The van der Waals surface area contributed by atoms with Crippen molar-refractivity contribution in [3.8, 4) is 0 Å². The molecular formula is C11H19N5O3S. The molecule has 8 nitrogen and oxygen atoms in total. The van der Waals surface area contributed by atoms with Crippen LogP contribution in [0, 0.1) is 5.92 Å². The molecule has 20 heavy (non-hydrogen) atoms. The number of carbonyl (C=O) groups excluding carboxylic acids is 1. The maximum absolute atomic E-state index is 12.3. The Morgan fingerprint density at radius 1 is 1.60 bits per heavy atom. The number of aryl methyl sites for hydroxylation is 1. The fourth-order valence-corrected chi connectivity index (χ4v) is 2.86. The van der Waals surface area contributed by atoms with E-state index in [4.69, 9.17) is 5.14 Å². The summed E-state index contributed by atoms with van der Waals surface area (Å²) in [5, 5.41) is 8.89. The van der Waals surface area contributed by atoms with Crippen molar-refractivity contribution in [1.29, 1.82) is 0 Å². The summed E-state index contributed by atoms with van der Waals surface area (Å²) in [6.07, 6.45) is 3.30. The Morgan fingerprint density at radius 3 is 2.95 bits per heavy atom. The topological polar surface area (TPSA) is 110 Å². The van der Waals surface area contributed by atoms with Gasteiger partial charge in [0.1, 0.15) is 5.69 Å². The number of nitrogens with one attached hydrogen (secondary N) is 1. The largest absolute Gasteiger partial charge is 0.337 e. The van der Waals surface area contributed by atoms with E-state index in [-0.39, 0.29) is 18.4 Å². The standard InChI is InChI=1S/C11H19N5O3S/c1-15-10(4-5-13-15)11(17)16-6-2-3-9(8-16)7-14-20(12,18)19/h4-5,9,14H,2-3,6-8H2,1H3,(H2,12,18,19). The highest BCUT2D eigenvalue weighted by Crippen LogP contribution is 2.18. The Morgan fingerprint density at radius 2 is 2.35 bits per heavy atom. The smallest absolute Gasteiger partial charge is 0.274 e. The molecule has 0 spiro atoms. The van der Waals surface area contributed by atoms with E-state index >= 15 is 0 Å². The predicted octanol–water partition coefficient (Wildman–Crippen LogP) is -0.935. The molecule has 2 heterocycles. The lowest BCUT2D eigenvalue weighted by Gasteiger charge is -2.32. The zero-order valence-electron chi connectivity index (χ0n) is 11.3. The maximum atomic E-state index is 12.3. The number of likely N-dealkylation sites (tertiary alicyclic amines) is 1. The van der Waals surface area contributed by atoms with Gasteiger partial charge in [-0.1, -0.05) is 0 Å². The summed E-state index contributed by atoms with van der Waals surface area (Å²) in [5.74, 6) is 0.00422. The van der Waals surface area contributed by atoms with E-state index in [2.05, 4.69) is 9.82 Å². The van der Waals surface area contributed by atoms with Gasteiger partial charge in [0, 0.05) is 32.9 Å². The van der Waals surface area contributed by atoms with Gasteiger partial charge in [0.2, 0.25) is 0 Å². The highest BCUT2D eigenvalue weighted by molar-refractivity contribution is 7.87. The molecule has 1 aromatic rings. The van der Waals surface area contributed by atoms with E-state index in [1.807, 2.05) is 0 Å². The molecule has 2 rings (SSSR count). The Hall–Kier alpha value is -1.45. The third kappa shape index (κ3) is 3.78. The van der Waals surface area contributed by atoms with Gasteiger partial charge in [0.05, 0.1) is 0 Å². The number of nitrogens with two attached hydrogens (primary N) is 1. The molecule has 1 unspecified atom stereocenters. The Bertz CT molecular complexity index is 583. The third-order valence-electron chi connectivity index (χ3n) is 3.42. The molecule has 112 valence electrons. The first-order valence-electron chi connectivity index (χ1n) is 6.41. The zero-order chi connectivity index (χ0) is 14.8. The second kappa shape index (κ2) is 5.90. The van der Waals surface area contributed by atoms with Gasteiger partial charge in [-0.05, 0) is 24.8 Å². The molecule has 9 heteroatoms. The van der Waals surface area contributed by atoms with Crippen molar-refractivity contribution in [2.45, 2.75) is 12.8 Å². The fraction of sp³-hybridized carbons (Fsp3) is 0.636. The summed E-state index contributed by atoms with van der Waals surface area (Å²) in [7, 11) is -1.96. The molecular weight excluding hydrogens is 282 g/mol. The lowest BCUT2D eigenvalue weighted by Crippen LogP contribution is -2.45. The number of aromatic nitrogens is 2. The highest BCUT2D eigenvalue weighted by Gasteiger charge is 2.26. The molecule has 0 radical (unpaired) electrons. The minimum absolute atomic E-state index is 0.0784. The normalized spacial score (nSPS) is 20.1. The number of piperidine rings is 1. The molecule has 0 aliphatic carbocycles. The van der Waals surface area contributed by atoms with Gasteiger partial charge in [-0.25, -0.2) is 9.86 Å². The van der Waals surface area contributed by atoms with Crippen molar-refractivity contribution in [2.75, 3.05) is 19.6 Å². The Balaban J connectivity index is 1.97. The van der Waals surface area contributed by atoms with E-state index in [1.54, 1.807) is 24.2 Å². The van der Waals surface area contributed by atoms with Crippen LogP contribution < -0.4 is 9.86 Å². The first-order chi connectivity index (χ1) is 9.37. The number of carbonyl (C=O) groups is 1. The van der Waals surface area contributed by atoms with Crippen LogP contribution in [0.4, 0.5) is 0 Å². The van der Waals surface area contributed by atoms with Crippen LogP contribution in [0.5, 0.6) is 0 Å². The quantitative estimate of drug-likeness (QED) is 0.748. The highest BCUT2D eigenvalue weighted by atomic mass is 32.2. The summed E-state index contributed by atoms with van der Waals surface area (Å²) in [6.45, 7) is 1.45. The van der Waals surface area contributed by atoms with Crippen LogP contribution in [-0.4, -0.2) is 48.6 Å². The van der Waals surface area contributed by atoms with Gasteiger partial charge in [0.25, 0.3) is 16.1 Å². The monoisotopic (exact) mass is 301 g/mol. The molecule has 1 fully saturated rings. The maximum Gasteiger partial charge on any atom is 0.274 e. The van der Waals surface area contributed by atoms with Gasteiger partial charge in [-0.2, -0.15) is 13.5 Å². The molecule has 1 atom stereocenters. The van der Waals surface area contributed by atoms with Crippen LogP contribution in [0.25, 0.3) is 0 Å². The van der Waals surface area contributed by atoms with Crippen molar-refractivity contribution in [2.24, 2.45) is 18.1 Å². The van der Waals surface area contributed by atoms with E-state index < -0.39 is 10.2 Å². The van der Waals surface area contributed by atoms with E-state index in [0.29, 0.717) is 18.8 Å². The summed E-state index contributed by atoms with van der Waals surface area (Å²) in [4.78, 5) is 14.1. The molecule has 3 N–H and O–H groups in total. The molecule has 0 aromatic carbocycles. The Labute approximate surface area is 118 Å². The van der Waals surface area contributed by atoms with Crippen LogP contribution in [0.3, 0.4) is 0 Å². The predicted molar refractivity (Wildman–Crippen MR) is 72.9 cm³/mol. The molecule has 1 amide bonds. The lowest BCUT2D eigenvalue weighted by molar-refractivity contribution is 0.0665. The number of rotatable bonds is 4. The molecule has 0 saturated carbocycles. The zero-order valence-corrected chi connectivity index (χ0v) is 12.1. The number of hydrogen-bond donors (Lipinski definition) is 2. The van der Waals surface area contributed by atoms with Crippen molar-refractivity contribution in [3.63, 3.8) is 0 Å². The SMILES string of the molecule is Cn1nccc1C(=O)N1CCCC(CNS(N)(=O)=O)C1. The van der Waals surface area contributed by atoms with Gasteiger partial charge in [-0.15, -0.1) is 0 Å². The summed E-state index contributed by atoms with van der Waals surface area (Å²) in [5.41, 5.74) is 0.532. The summed E-state index contributed by atoms with van der Waals surface area (Å²) >= 11 is 0. The van der Waals surface area contributed by atoms with Crippen LogP contribution in [0.15, 0.2) is 12.3 Å².